The predicted molar refractivity (Wildman–Crippen MR) is 54.1 cm³/mol. The Morgan fingerprint density at radius 1 is 1.86 bits per heavy atom. The number of thioether (sulfide) groups is 1. The molecule has 1 unspecified atom stereocenters. The van der Waals surface area contributed by atoms with Gasteiger partial charge in [-0.1, -0.05) is 18.7 Å². The van der Waals surface area contributed by atoms with E-state index in [9.17, 15) is 9.59 Å². The third-order valence-electron chi connectivity index (χ3n) is 2.05. The lowest BCUT2D eigenvalue weighted by molar-refractivity contribution is -0.123. The molecule has 0 aromatic heterocycles. The van der Waals surface area contributed by atoms with Gasteiger partial charge in [0.2, 0.25) is 5.91 Å². The molecule has 1 aliphatic heterocycles. The molecule has 6 heteroatoms. The molecule has 1 rings (SSSR count). The number of nitrogens with one attached hydrogen (secondary N) is 2. The first kappa shape index (κ1) is 11.3. The van der Waals surface area contributed by atoms with Crippen molar-refractivity contribution in [1.29, 1.82) is 0 Å². The number of carbonyl (C=O) groups is 2. The van der Waals surface area contributed by atoms with Gasteiger partial charge in [0.1, 0.15) is 6.04 Å². The summed E-state index contributed by atoms with van der Waals surface area (Å²) in [6.45, 7) is 1.80. The highest BCUT2D eigenvalue weighted by molar-refractivity contribution is 8.14. The predicted octanol–water partition coefficient (Wildman–Crippen LogP) is -0.302. The topological polar surface area (TPSA) is 78.4 Å². The van der Waals surface area contributed by atoms with E-state index in [2.05, 4.69) is 10.6 Å². The smallest absolute Gasteiger partial charge is 0.279 e. The normalized spacial score (nSPS) is 23.0. The van der Waals surface area contributed by atoms with E-state index >= 15 is 0 Å². The molecule has 0 aromatic carbocycles. The monoisotopic (exact) mass is 218 g/mol. The van der Waals surface area contributed by atoms with Gasteiger partial charge in [-0.2, -0.15) is 0 Å². The fourth-order valence-electron chi connectivity index (χ4n) is 1.10. The summed E-state index contributed by atoms with van der Waals surface area (Å²) in [7, 11) is 0. The van der Waals surface area contributed by atoms with Crippen molar-refractivity contribution in [1.82, 2.24) is 10.6 Å². The first-order valence-corrected chi connectivity index (χ1v) is 5.50. The lowest BCUT2D eigenvalue weighted by Crippen LogP contribution is -2.47. The van der Waals surface area contributed by atoms with E-state index in [0.29, 0.717) is 12.2 Å². The molecule has 0 saturated carbocycles. The van der Waals surface area contributed by atoms with Gasteiger partial charge < -0.3 is 15.7 Å². The molecular formula is C8H14N2O3S. The average molecular weight is 218 g/mol. The Bertz CT molecular complexity index is 231. The molecule has 14 heavy (non-hydrogen) atoms. The van der Waals surface area contributed by atoms with Gasteiger partial charge in [0.05, 0.1) is 12.6 Å². The number of rotatable bonds is 4. The SMILES string of the molecule is CC[C@H](CO)NC(=O)C1CSC(=O)N1. The van der Waals surface area contributed by atoms with Crippen LogP contribution in [0.15, 0.2) is 0 Å². The van der Waals surface area contributed by atoms with Crippen LogP contribution in [0, 0.1) is 0 Å². The Kier molecular flexibility index (Phi) is 4.21. The van der Waals surface area contributed by atoms with Crippen LogP contribution in [0.25, 0.3) is 0 Å². The number of aliphatic hydroxyl groups excluding tert-OH is 1. The molecule has 0 radical (unpaired) electrons. The first-order chi connectivity index (χ1) is 6.67. The van der Waals surface area contributed by atoms with E-state index in [0.717, 1.165) is 11.8 Å². The molecule has 80 valence electrons. The van der Waals surface area contributed by atoms with Gasteiger partial charge in [-0.25, -0.2) is 0 Å². The standard InChI is InChI=1S/C8H14N2O3S/c1-2-5(3-11)9-7(12)6-4-14-8(13)10-6/h5-6,11H,2-4H2,1H3,(H,9,12)(H,10,13)/t5-,6?/m1/s1. The van der Waals surface area contributed by atoms with Crippen LogP contribution in [-0.2, 0) is 4.79 Å². The van der Waals surface area contributed by atoms with Crippen molar-refractivity contribution in [2.45, 2.75) is 25.4 Å². The molecule has 5 nitrogen and oxygen atoms in total. The largest absolute Gasteiger partial charge is 0.394 e. The quantitative estimate of drug-likeness (QED) is 0.605. The molecule has 2 atom stereocenters. The minimum absolute atomic E-state index is 0.0734. The van der Waals surface area contributed by atoms with Gasteiger partial charge in [-0.3, -0.25) is 9.59 Å². The summed E-state index contributed by atoms with van der Waals surface area (Å²) in [6.07, 6.45) is 0.677. The van der Waals surface area contributed by atoms with Gasteiger partial charge >= 0.3 is 0 Å². The summed E-state index contributed by atoms with van der Waals surface area (Å²) in [5, 5.41) is 13.9. The van der Waals surface area contributed by atoms with E-state index in [4.69, 9.17) is 5.11 Å². The van der Waals surface area contributed by atoms with Crippen molar-refractivity contribution in [3.63, 3.8) is 0 Å². The van der Waals surface area contributed by atoms with Crippen LogP contribution in [0.3, 0.4) is 0 Å². The molecule has 0 aliphatic carbocycles. The van der Waals surface area contributed by atoms with E-state index in [-0.39, 0.29) is 23.8 Å². The maximum Gasteiger partial charge on any atom is 0.279 e. The highest BCUT2D eigenvalue weighted by Gasteiger charge is 2.28. The summed E-state index contributed by atoms with van der Waals surface area (Å²) in [6, 6.07) is -0.668. The van der Waals surface area contributed by atoms with Crippen LogP contribution in [0.5, 0.6) is 0 Å². The van der Waals surface area contributed by atoms with Gasteiger partial charge in [0.25, 0.3) is 5.24 Å². The second kappa shape index (κ2) is 5.21. The summed E-state index contributed by atoms with van der Waals surface area (Å²) < 4.78 is 0. The van der Waals surface area contributed by atoms with Crippen LogP contribution in [0.2, 0.25) is 0 Å². The second-order valence-corrected chi connectivity index (χ2v) is 4.08. The molecule has 0 bridgehead atoms. The van der Waals surface area contributed by atoms with Crippen molar-refractivity contribution in [3.8, 4) is 0 Å². The molecule has 1 aliphatic rings. The van der Waals surface area contributed by atoms with Crippen molar-refractivity contribution in [3.05, 3.63) is 0 Å². The number of aliphatic hydroxyl groups is 1. The molecule has 3 N–H and O–H groups in total. The van der Waals surface area contributed by atoms with Crippen molar-refractivity contribution < 1.29 is 14.7 Å². The fourth-order valence-corrected chi connectivity index (χ4v) is 1.88. The lowest BCUT2D eigenvalue weighted by Gasteiger charge is -2.16. The number of hydrogen-bond acceptors (Lipinski definition) is 4. The van der Waals surface area contributed by atoms with Crippen molar-refractivity contribution in [2.24, 2.45) is 0 Å². The van der Waals surface area contributed by atoms with Crippen LogP contribution in [-0.4, -0.2) is 40.7 Å². The van der Waals surface area contributed by atoms with Crippen LogP contribution < -0.4 is 10.6 Å². The van der Waals surface area contributed by atoms with Crippen LogP contribution >= 0.6 is 11.8 Å². The molecule has 0 aromatic rings. The maximum atomic E-state index is 11.5. The second-order valence-electron chi connectivity index (χ2n) is 3.09. The first-order valence-electron chi connectivity index (χ1n) is 4.52. The summed E-state index contributed by atoms with van der Waals surface area (Å²) in [5.74, 6) is 0.247. The van der Waals surface area contributed by atoms with Gasteiger partial charge in [0.15, 0.2) is 0 Å². The third-order valence-corrected chi connectivity index (χ3v) is 2.93. The molecule has 1 heterocycles. The Morgan fingerprint density at radius 2 is 2.57 bits per heavy atom. The lowest BCUT2D eigenvalue weighted by atomic mass is 10.2. The Balaban J connectivity index is 2.38. The summed E-state index contributed by atoms with van der Waals surface area (Å²) in [4.78, 5) is 22.3. The Hall–Kier alpha value is -0.750. The Labute approximate surface area is 86.6 Å². The highest BCUT2D eigenvalue weighted by Crippen LogP contribution is 2.12. The minimum Gasteiger partial charge on any atom is -0.394 e. The van der Waals surface area contributed by atoms with Crippen LogP contribution in [0.1, 0.15) is 13.3 Å². The third kappa shape index (κ3) is 2.88. The van der Waals surface area contributed by atoms with Gasteiger partial charge in [0, 0.05) is 5.75 Å². The van der Waals surface area contributed by atoms with Gasteiger partial charge in [-0.05, 0) is 6.42 Å². The molecule has 0 spiro atoms. The molecule has 1 saturated heterocycles. The van der Waals surface area contributed by atoms with E-state index in [1.165, 1.54) is 0 Å². The van der Waals surface area contributed by atoms with E-state index < -0.39 is 6.04 Å². The number of hydrogen-bond donors (Lipinski definition) is 3. The molecule has 2 amide bonds. The zero-order valence-corrected chi connectivity index (χ0v) is 8.76. The zero-order valence-electron chi connectivity index (χ0n) is 7.95. The zero-order chi connectivity index (χ0) is 10.6. The minimum atomic E-state index is -0.451. The number of amides is 2. The van der Waals surface area contributed by atoms with Crippen LogP contribution in [0.4, 0.5) is 4.79 Å². The number of carbonyl (C=O) groups excluding carboxylic acids is 2. The van der Waals surface area contributed by atoms with Crippen molar-refractivity contribution in [2.75, 3.05) is 12.4 Å². The molecular weight excluding hydrogens is 204 g/mol. The maximum absolute atomic E-state index is 11.5. The summed E-state index contributed by atoms with van der Waals surface area (Å²) in [5.41, 5.74) is 0. The van der Waals surface area contributed by atoms with Gasteiger partial charge in [-0.15, -0.1) is 0 Å². The fraction of sp³-hybridized carbons (Fsp3) is 0.750. The highest BCUT2D eigenvalue weighted by atomic mass is 32.2. The van der Waals surface area contributed by atoms with Crippen molar-refractivity contribution >= 4 is 22.9 Å². The average Bonchev–Trinajstić information content (AvgIpc) is 2.61. The summed E-state index contributed by atoms with van der Waals surface area (Å²) >= 11 is 1.10. The Morgan fingerprint density at radius 3 is 3.00 bits per heavy atom. The van der Waals surface area contributed by atoms with E-state index in [1.807, 2.05) is 6.92 Å². The molecule has 1 fully saturated rings. The van der Waals surface area contributed by atoms with E-state index in [1.54, 1.807) is 0 Å².